The van der Waals surface area contributed by atoms with Crippen molar-refractivity contribution in [1.29, 1.82) is 5.41 Å². The van der Waals surface area contributed by atoms with E-state index in [9.17, 15) is 8.42 Å². The van der Waals surface area contributed by atoms with E-state index in [-0.39, 0.29) is 10.9 Å². The topological polar surface area (TPSA) is 99.3 Å². The number of para-hydroxylation sites is 1. The van der Waals surface area contributed by atoms with Gasteiger partial charge in [0.2, 0.25) is 5.96 Å². The maximum absolute atomic E-state index is 13.1. The van der Waals surface area contributed by atoms with Gasteiger partial charge >= 0.3 is 0 Å². The van der Waals surface area contributed by atoms with E-state index in [0.29, 0.717) is 23.3 Å². The van der Waals surface area contributed by atoms with Crippen molar-refractivity contribution in [2.45, 2.75) is 25.2 Å². The van der Waals surface area contributed by atoms with Crippen LogP contribution in [0.5, 0.6) is 0 Å². The van der Waals surface area contributed by atoms with Crippen LogP contribution in [0.2, 0.25) is 0 Å². The molecule has 1 aromatic heterocycles. The van der Waals surface area contributed by atoms with Gasteiger partial charge in [0.25, 0.3) is 10.0 Å². The predicted molar refractivity (Wildman–Crippen MR) is 112 cm³/mol. The minimum Gasteiger partial charge on any atom is -0.355 e. The van der Waals surface area contributed by atoms with Crippen LogP contribution in [0.1, 0.15) is 25.8 Å². The van der Waals surface area contributed by atoms with Gasteiger partial charge in [0.1, 0.15) is 0 Å². The highest BCUT2D eigenvalue weighted by molar-refractivity contribution is 7.90. The summed E-state index contributed by atoms with van der Waals surface area (Å²) in [5.74, 6) is 0.0989. The summed E-state index contributed by atoms with van der Waals surface area (Å²) < 4.78 is 27.5. The van der Waals surface area contributed by atoms with E-state index < -0.39 is 10.0 Å². The van der Waals surface area contributed by atoms with Crippen LogP contribution in [-0.4, -0.2) is 30.6 Å². The molecule has 0 aliphatic carbocycles. The van der Waals surface area contributed by atoms with Crippen LogP contribution in [0.15, 0.2) is 70.8 Å². The molecule has 3 aromatic rings. The molecule has 0 aliphatic rings. The Balaban J connectivity index is 2.03. The number of rotatable bonds is 6. The summed E-state index contributed by atoms with van der Waals surface area (Å²) in [7, 11) is -3.73. The first-order valence-corrected chi connectivity index (χ1v) is 10.4. The van der Waals surface area contributed by atoms with Crippen LogP contribution in [0.3, 0.4) is 0 Å². The number of nitrogens with zero attached hydrogens (tertiary/aromatic N) is 2. The van der Waals surface area contributed by atoms with Gasteiger partial charge in [0.15, 0.2) is 0 Å². The smallest absolute Gasteiger partial charge is 0.268 e. The second-order valence-corrected chi connectivity index (χ2v) is 8.10. The molecule has 0 unspecified atom stereocenters. The molecule has 0 amide bonds. The van der Waals surface area contributed by atoms with Crippen molar-refractivity contribution in [3.05, 3.63) is 66.4 Å². The molecule has 7 nitrogen and oxygen atoms in total. The summed E-state index contributed by atoms with van der Waals surface area (Å²) in [6.07, 6.45) is 2.48. The summed E-state index contributed by atoms with van der Waals surface area (Å²) in [6.45, 7) is 4.47. The van der Waals surface area contributed by atoms with Crippen LogP contribution < -0.4 is 10.7 Å². The Morgan fingerprint density at radius 1 is 1.11 bits per heavy atom. The number of guanidine groups is 1. The highest BCUT2D eigenvalue weighted by atomic mass is 32.2. The van der Waals surface area contributed by atoms with Crippen molar-refractivity contribution in [3.8, 4) is 0 Å². The second kappa shape index (κ2) is 8.26. The largest absolute Gasteiger partial charge is 0.355 e. The predicted octanol–water partition coefficient (Wildman–Crippen LogP) is 3.13. The number of nitrogens with one attached hydrogen (secondary N) is 3. The molecule has 1 heterocycles. The maximum Gasteiger partial charge on any atom is 0.268 e. The molecule has 8 heteroatoms. The lowest BCUT2D eigenvalue weighted by Gasteiger charge is -2.07. The number of aromatic nitrogens is 1. The first-order chi connectivity index (χ1) is 13.4. The Bertz CT molecular complexity index is 1120. The fourth-order valence-corrected chi connectivity index (χ4v) is 4.22. The molecular weight excluding hydrogens is 374 g/mol. The van der Waals surface area contributed by atoms with Gasteiger partial charge < -0.3 is 5.32 Å². The lowest BCUT2D eigenvalue weighted by molar-refractivity contribution is 0.589. The monoisotopic (exact) mass is 397 g/mol. The molecular formula is C20H23N5O2S. The van der Waals surface area contributed by atoms with Crippen molar-refractivity contribution < 1.29 is 8.42 Å². The minimum atomic E-state index is -3.73. The molecule has 28 heavy (non-hydrogen) atoms. The van der Waals surface area contributed by atoms with Gasteiger partial charge in [-0.2, -0.15) is 5.10 Å². The summed E-state index contributed by atoms with van der Waals surface area (Å²) in [5, 5.41) is 15.7. The molecule has 0 fully saturated rings. The van der Waals surface area contributed by atoms with Gasteiger partial charge in [0, 0.05) is 23.7 Å². The van der Waals surface area contributed by atoms with E-state index in [1.165, 1.54) is 3.97 Å². The van der Waals surface area contributed by atoms with E-state index in [0.717, 1.165) is 11.8 Å². The van der Waals surface area contributed by atoms with Crippen molar-refractivity contribution in [2.24, 2.45) is 5.10 Å². The zero-order valence-corrected chi connectivity index (χ0v) is 16.6. The SMILES string of the molecule is CCCNC(=N)NN=C(C)c1cn(S(=O)(=O)c2ccccc2)c2ccccc12. The van der Waals surface area contributed by atoms with Crippen molar-refractivity contribution in [3.63, 3.8) is 0 Å². The van der Waals surface area contributed by atoms with E-state index in [4.69, 9.17) is 5.41 Å². The summed E-state index contributed by atoms with van der Waals surface area (Å²) in [4.78, 5) is 0.223. The van der Waals surface area contributed by atoms with Gasteiger partial charge in [0.05, 0.1) is 16.1 Å². The van der Waals surface area contributed by atoms with Gasteiger partial charge in [-0.25, -0.2) is 17.8 Å². The number of fused-ring (bicyclic) bond motifs is 1. The van der Waals surface area contributed by atoms with Gasteiger partial charge in [-0.3, -0.25) is 5.41 Å². The molecule has 0 spiro atoms. The van der Waals surface area contributed by atoms with Crippen LogP contribution in [0, 0.1) is 5.41 Å². The molecule has 0 aliphatic heterocycles. The second-order valence-electron chi connectivity index (χ2n) is 6.28. The summed E-state index contributed by atoms with van der Waals surface area (Å²) >= 11 is 0. The number of benzene rings is 2. The summed E-state index contributed by atoms with van der Waals surface area (Å²) in [6, 6.07) is 15.6. The minimum absolute atomic E-state index is 0.0989. The van der Waals surface area contributed by atoms with Crippen LogP contribution in [0.25, 0.3) is 10.9 Å². The Labute approximate surface area is 164 Å². The highest BCUT2D eigenvalue weighted by Crippen LogP contribution is 2.26. The van der Waals surface area contributed by atoms with Crippen LogP contribution >= 0.6 is 0 Å². The molecule has 3 N–H and O–H groups in total. The maximum atomic E-state index is 13.1. The van der Waals surface area contributed by atoms with E-state index in [1.54, 1.807) is 55.6 Å². The van der Waals surface area contributed by atoms with Gasteiger partial charge in [-0.15, -0.1) is 0 Å². The zero-order chi connectivity index (χ0) is 20.1. The molecule has 0 saturated heterocycles. The Morgan fingerprint density at radius 3 is 2.50 bits per heavy atom. The normalized spacial score (nSPS) is 12.1. The Kier molecular flexibility index (Phi) is 5.79. The Hall–Kier alpha value is -3.13. The van der Waals surface area contributed by atoms with Crippen molar-refractivity contribution in [1.82, 2.24) is 14.7 Å². The van der Waals surface area contributed by atoms with Crippen LogP contribution in [-0.2, 0) is 10.0 Å². The van der Waals surface area contributed by atoms with E-state index in [2.05, 4.69) is 15.8 Å². The lowest BCUT2D eigenvalue weighted by atomic mass is 10.1. The molecule has 0 bridgehead atoms. The number of hydrogen-bond acceptors (Lipinski definition) is 4. The summed E-state index contributed by atoms with van der Waals surface area (Å²) in [5.41, 5.74) is 4.51. The van der Waals surface area contributed by atoms with E-state index in [1.807, 2.05) is 19.1 Å². The number of hydrogen-bond donors (Lipinski definition) is 3. The number of hydrazone groups is 1. The third-order valence-electron chi connectivity index (χ3n) is 4.25. The molecule has 0 atom stereocenters. The molecule has 3 rings (SSSR count). The Morgan fingerprint density at radius 2 is 1.79 bits per heavy atom. The van der Waals surface area contributed by atoms with Crippen LogP contribution in [0.4, 0.5) is 0 Å². The highest BCUT2D eigenvalue weighted by Gasteiger charge is 2.21. The van der Waals surface area contributed by atoms with Gasteiger partial charge in [-0.1, -0.05) is 43.3 Å². The lowest BCUT2D eigenvalue weighted by Crippen LogP contribution is -2.34. The average Bonchev–Trinajstić information content (AvgIpc) is 3.11. The average molecular weight is 398 g/mol. The van der Waals surface area contributed by atoms with E-state index >= 15 is 0 Å². The first-order valence-electron chi connectivity index (χ1n) is 8.99. The molecule has 146 valence electrons. The first kappa shape index (κ1) is 19.6. The molecule has 0 radical (unpaired) electrons. The fourth-order valence-electron chi connectivity index (χ4n) is 2.83. The standard InChI is InChI=1S/C20H23N5O2S/c1-3-13-22-20(21)24-23-15(2)18-14-25(19-12-8-7-11-17(18)19)28(26,27)16-9-5-4-6-10-16/h4-12,14H,3,13H2,1-2H3,(H3,21,22,24). The van der Waals surface area contributed by atoms with Gasteiger partial charge in [-0.05, 0) is 31.5 Å². The zero-order valence-electron chi connectivity index (χ0n) is 15.8. The van der Waals surface area contributed by atoms with Crippen molar-refractivity contribution >= 4 is 32.6 Å². The van der Waals surface area contributed by atoms with Crippen molar-refractivity contribution in [2.75, 3.05) is 6.54 Å². The third kappa shape index (κ3) is 3.91. The molecule has 2 aromatic carbocycles. The quantitative estimate of drug-likeness (QED) is 0.338. The molecule has 0 saturated carbocycles. The third-order valence-corrected chi connectivity index (χ3v) is 5.94. The fraction of sp³-hybridized carbons (Fsp3) is 0.200.